The van der Waals surface area contributed by atoms with Crippen LogP contribution in [0, 0.1) is 0 Å². The molecule has 0 aromatic heterocycles. The molecule has 2 rings (SSSR count). The number of hydrogen-bond acceptors (Lipinski definition) is 3. The summed E-state index contributed by atoms with van der Waals surface area (Å²) in [6, 6.07) is 5.27. The van der Waals surface area contributed by atoms with E-state index in [0.717, 1.165) is 18.7 Å². The lowest BCUT2D eigenvalue weighted by Gasteiger charge is -2.24. The highest BCUT2D eigenvalue weighted by molar-refractivity contribution is 5.52. The Morgan fingerprint density at radius 1 is 1.43 bits per heavy atom. The second-order valence-corrected chi connectivity index (χ2v) is 3.86. The van der Waals surface area contributed by atoms with Gasteiger partial charge in [0.1, 0.15) is 5.75 Å². The Bertz CT molecular complexity index is 319. The standard InChI is InChI=1S/C11H16N2O/c12-11-6-9(14)3-4-10(11)8-2-1-5-13-7-8/h3-4,6,8,13-14H,1-2,5,7,12H2. The lowest BCUT2D eigenvalue weighted by Crippen LogP contribution is -2.28. The van der Waals surface area contributed by atoms with Crippen molar-refractivity contribution in [1.29, 1.82) is 0 Å². The Kier molecular flexibility index (Phi) is 2.59. The van der Waals surface area contributed by atoms with E-state index in [1.165, 1.54) is 12.8 Å². The quantitative estimate of drug-likeness (QED) is 0.590. The van der Waals surface area contributed by atoms with Gasteiger partial charge in [0.15, 0.2) is 0 Å². The molecule has 1 atom stereocenters. The molecule has 1 aromatic carbocycles. The molecule has 4 N–H and O–H groups in total. The molecule has 1 saturated heterocycles. The number of rotatable bonds is 1. The van der Waals surface area contributed by atoms with Crippen molar-refractivity contribution >= 4 is 5.69 Å². The van der Waals surface area contributed by atoms with Crippen molar-refractivity contribution in [2.45, 2.75) is 18.8 Å². The number of anilines is 1. The van der Waals surface area contributed by atoms with E-state index >= 15 is 0 Å². The van der Waals surface area contributed by atoms with Crippen molar-refractivity contribution in [3.05, 3.63) is 23.8 Å². The first-order valence-corrected chi connectivity index (χ1v) is 5.06. The molecule has 1 aliphatic heterocycles. The van der Waals surface area contributed by atoms with Gasteiger partial charge in [-0.05, 0) is 36.9 Å². The largest absolute Gasteiger partial charge is 0.508 e. The fraction of sp³-hybridized carbons (Fsp3) is 0.455. The Labute approximate surface area is 83.9 Å². The number of phenolic OH excluding ortho intramolecular Hbond substituents is 1. The van der Waals surface area contributed by atoms with E-state index in [4.69, 9.17) is 5.73 Å². The third-order valence-electron chi connectivity index (χ3n) is 2.81. The van der Waals surface area contributed by atoms with Gasteiger partial charge < -0.3 is 16.2 Å². The van der Waals surface area contributed by atoms with Gasteiger partial charge in [-0.1, -0.05) is 6.07 Å². The van der Waals surface area contributed by atoms with Crippen LogP contribution in [-0.2, 0) is 0 Å². The molecule has 14 heavy (non-hydrogen) atoms. The highest BCUT2D eigenvalue weighted by Crippen LogP contribution is 2.29. The van der Waals surface area contributed by atoms with Gasteiger partial charge in [-0.2, -0.15) is 0 Å². The monoisotopic (exact) mass is 192 g/mol. The molecule has 0 aliphatic carbocycles. The zero-order valence-electron chi connectivity index (χ0n) is 8.16. The van der Waals surface area contributed by atoms with Gasteiger partial charge in [-0.3, -0.25) is 0 Å². The minimum absolute atomic E-state index is 0.245. The molecule has 1 unspecified atom stereocenters. The van der Waals surface area contributed by atoms with Crippen molar-refractivity contribution in [1.82, 2.24) is 5.32 Å². The maximum atomic E-state index is 9.24. The number of nitrogens with two attached hydrogens (primary N) is 1. The van der Waals surface area contributed by atoms with E-state index in [2.05, 4.69) is 5.32 Å². The second-order valence-electron chi connectivity index (χ2n) is 3.86. The molecule has 0 saturated carbocycles. The van der Waals surface area contributed by atoms with Gasteiger partial charge >= 0.3 is 0 Å². The lowest BCUT2D eigenvalue weighted by molar-refractivity contribution is 0.459. The van der Waals surface area contributed by atoms with Crippen LogP contribution in [0.1, 0.15) is 24.3 Å². The van der Waals surface area contributed by atoms with Crippen molar-refractivity contribution in [3.63, 3.8) is 0 Å². The Morgan fingerprint density at radius 3 is 2.93 bits per heavy atom. The molecule has 1 fully saturated rings. The third-order valence-corrected chi connectivity index (χ3v) is 2.81. The van der Waals surface area contributed by atoms with Gasteiger partial charge in [0.25, 0.3) is 0 Å². The highest BCUT2D eigenvalue weighted by atomic mass is 16.3. The third kappa shape index (κ3) is 1.82. The Balaban J connectivity index is 2.22. The summed E-state index contributed by atoms with van der Waals surface area (Å²) in [6.45, 7) is 2.10. The zero-order chi connectivity index (χ0) is 9.97. The summed E-state index contributed by atoms with van der Waals surface area (Å²) in [7, 11) is 0. The molecule has 1 aliphatic rings. The smallest absolute Gasteiger partial charge is 0.117 e. The van der Waals surface area contributed by atoms with Crippen LogP contribution in [0.15, 0.2) is 18.2 Å². The average Bonchev–Trinajstić information content (AvgIpc) is 2.19. The maximum Gasteiger partial charge on any atom is 0.117 e. The predicted octanol–water partition coefficient (Wildman–Crippen LogP) is 1.44. The van der Waals surface area contributed by atoms with E-state index in [-0.39, 0.29) is 5.75 Å². The molecule has 1 aromatic rings. The summed E-state index contributed by atoms with van der Waals surface area (Å²) < 4.78 is 0. The Hall–Kier alpha value is -1.22. The van der Waals surface area contributed by atoms with Gasteiger partial charge in [0.2, 0.25) is 0 Å². The topological polar surface area (TPSA) is 58.3 Å². The van der Waals surface area contributed by atoms with E-state index in [1.54, 1.807) is 12.1 Å². The van der Waals surface area contributed by atoms with E-state index < -0.39 is 0 Å². The van der Waals surface area contributed by atoms with Crippen LogP contribution in [0.3, 0.4) is 0 Å². The maximum absolute atomic E-state index is 9.24. The van der Waals surface area contributed by atoms with Crippen LogP contribution < -0.4 is 11.1 Å². The predicted molar refractivity (Wildman–Crippen MR) is 57.4 cm³/mol. The molecule has 3 nitrogen and oxygen atoms in total. The summed E-state index contributed by atoms with van der Waals surface area (Å²) in [5.74, 6) is 0.749. The number of benzene rings is 1. The van der Waals surface area contributed by atoms with Crippen LogP contribution in [0.25, 0.3) is 0 Å². The van der Waals surface area contributed by atoms with Crippen molar-refractivity contribution in [2.24, 2.45) is 0 Å². The van der Waals surface area contributed by atoms with Gasteiger partial charge in [0, 0.05) is 18.3 Å². The van der Waals surface area contributed by atoms with Crippen LogP contribution in [0.2, 0.25) is 0 Å². The summed E-state index contributed by atoms with van der Waals surface area (Å²) >= 11 is 0. The number of hydrogen-bond donors (Lipinski definition) is 3. The van der Waals surface area contributed by atoms with Crippen LogP contribution in [0.5, 0.6) is 5.75 Å². The summed E-state index contributed by atoms with van der Waals surface area (Å²) in [4.78, 5) is 0. The normalized spacial score (nSPS) is 22.1. The number of phenols is 1. The summed E-state index contributed by atoms with van der Waals surface area (Å²) in [5.41, 5.74) is 7.73. The average molecular weight is 192 g/mol. The fourth-order valence-electron chi connectivity index (χ4n) is 2.05. The number of nitrogens with one attached hydrogen (secondary N) is 1. The zero-order valence-corrected chi connectivity index (χ0v) is 8.16. The van der Waals surface area contributed by atoms with Gasteiger partial charge in [0.05, 0.1) is 0 Å². The molecule has 0 radical (unpaired) electrons. The van der Waals surface area contributed by atoms with Crippen molar-refractivity contribution in [3.8, 4) is 5.75 Å². The minimum Gasteiger partial charge on any atom is -0.508 e. The molecule has 0 amide bonds. The second kappa shape index (κ2) is 3.88. The molecule has 76 valence electrons. The highest BCUT2D eigenvalue weighted by Gasteiger charge is 2.17. The van der Waals surface area contributed by atoms with Gasteiger partial charge in [-0.25, -0.2) is 0 Å². The SMILES string of the molecule is Nc1cc(O)ccc1C1CCCNC1. The van der Waals surface area contributed by atoms with Crippen molar-refractivity contribution < 1.29 is 5.11 Å². The van der Waals surface area contributed by atoms with Crippen molar-refractivity contribution in [2.75, 3.05) is 18.8 Å². The van der Waals surface area contributed by atoms with Crippen LogP contribution >= 0.6 is 0 Å². The number of aromatic hydroxyl groups is 1. The van der Waals surface area contributed by atoms with E-state index in [0.29, 0.717) is 11.6 Å². The molecule has 3 heteroatoms. The molecule has 1 heterocycles. The Morgan fingerprint density at radius 2 is 2.29 bits per heavy atom. The number of piperidine rings is 1. The van der Waals surface area contributed by atoms with E-state index in [1.807, 2.05) is 6.07 Å². The summed E-state index contributed by atoms with van der Waals surface area (Å²) in [5, 5.41) is 12.6. The molecule has 0 spiro atoms. The molecule has 0 bridgehead atoms. The lowest BCUT2D eigenvalue weighted by atomic mass is 9.90. The first-order valence-electron chi connectivity index (χ1n) is 5.06. The minimum atomic E-state index is 0.245. The summed E-state index contributed by atoms with van der Waals surface area (Å²) in [6.07, 6.45) is 2.38. The fourth-order valence-corrected chi connectivity index (χ4v) is 2.05. The van der Waals surface area contributed by atoms with Gasteiger partial charge in [-0.15, -0.1) is 0 Å². The first-order chi connectivity index (χ1) is 6.77. The molecular formula is C11H16N2O. The number of nitrogen functional groups attached to an aromatic ring is 1. The van der Waals surface area contributed by atoms with Crippen LogP contribution in [-0.4, -0.2) is 18.2 Å². The van der Waals surface area contributed by atoms with E-state index in [9.17, 15) is 5.11 Å². The first kappa shape index (κ1) is 9.34. The van der Waals surface area contributed by atoms with Crippen LogP contribution in [0.4, 0.5) is 5.69 Å². The molecular weight excluding hydrogens is 176 g/mol.